The normalized spacial score (nSPS) is 18.0. The number of hydrogen-bond donors (Lipinski definition) is 1. The Bertz CT molecular complexity index is 1130. The lowest BCUT2D eigenvalue weighted by Gasteiger charge is -2.35. The maximum absolute atomic E-state index is 12.5. The molecular formula is C20H23ClN6OS. The number of halogens is 1. The van der Waals surface area contributed by atoms with Gasteiger partial charge in [-0.15, -0.1) is 11.3 Å². The second kappa shape index (κ2) is 7.34. The minimum absolute atomic E-state index is 0.0336. The number of nitrogens with zero attached hydrogens (tertiary/aromatic N) is 5. The number of aryl methyl sites for hydroxylation is 2. The summed E-state index contributed by atoms with van der Waals surface area (Å²) in [5, 5.41) is 1.25. The third-order valence-corrected chi connectivity index (χ3v) is 7.09. The predicted octanol–water partition coefficient (Wildman–Crippen LogP) is 3.24. The molecule has 5 rings (SSSR count). The van der Waals surface area contributed by atoms with E-state index < -0.39 is 0 Å². The van der Waals surface area contributed by atoms with E-state index in [1.54, 1.807) is 11.3 Å². The molecule has 9 heteroatoms. The number of aromatic amines is 1. The molecule has 3 aromatic heterocycles. The van der Waals surface area contributed by atoms with Crippen LogP contribution in [0.25, 0.3) is 10.2 Å². The van der Waals surface area contributed by atoms with Gasteiger partial charge < -0.3 is 9.88 Å². The van der Waals surface area contributed by atoms with Gasteiger partial charge in [-0.3, -0.25) is 9.69 Å². The number of H-pyrrole nitrogens is 1. The molecule has 2 aliphatic rings. The van der Waals surface area contributed by atoms with Crippen LogP contribution in [0.15, 0.2) is 10.9 Å². The number of anilines is 1. The summed E-state index contributed by atoms with van der Waals surface area (Å²) in [4.78, 5) is 35.9. The van der Waals surface area contributed by atoms with E-state index in [1.165, 1.54) is 0 Å². The molecule has 0 radical (unpaired) electrons. The summed E-state index contributed by atoms with van der Waals surface area (Å²) in [7, 11) is 0. The van der Waals surface area contributed by atoms with Crippen molar-refractivity contribution in [3.8, 4) is 0 Å². The fourth-order valence-electron chi connectivity index (χ4n) is 3.83. The summed E-state index contributed by atoms with van der Waals surface area (Å²) in [5.74, 6) is 3.02. The Balaban J connectivity index is 1.28. The maximum Gasteiger partial charge on any atom is 0.259 e. The molecule has 0 atom stereocenters. The number of aromatic nitrogens is 4. The fraction of sp³-hybridized carbons (Fsp3) is 0.500. The van der Waals surface area contributed by atoms with Gasteiger partial charge in [0.2, 0.25) is 0 Å². The third-order valence-electron chi connectivity index (χ3n) is 5.80. The number of nitrogens with one attached hydrogen (secondary N) is 1. The SMILES string of the molecule is Cc1sc2nc(CN3CCN(c4cc(Cl)nc(C5CC5)n4)CC3)[nH]c(=O)c2c1C. The summed E-state index contributed by atoms with van der Waals surface area (Å²) in [6.45, 7) is 8.15. The van der Waals surface area contributed by atoms with Crippen LogP contribution in [-0.4, -0.2) is 51.0 Å². The van der Waals surface area contributed by atoms with Crippen LogP contribution >= 0.6 is 22.9 Å². The zero-order chi connectivity index (χ0) is 20.1. The zero-order valence-electron chi connectivity index (χ0n) is 16.5. The van der Waals surface area contributed by atoms with Crippen LogP contribution < -0.4 is 10.5 Å². The van der Waals surface area contributed by atoms with Gasteiger partial charge in [-0.25, -0.2) is 15.0 Å². The maximum atomic E-state index is 12.5. The topological polar surface area (TPSA) is 78.0 Å². The summed E-state index contributed by atoms with van der Waals surface area (Å²) in [6.07, 6.45) is 2.32. The van der Waals surface area contributed by atoms with Gasteiger partial charge in [0.05, 0.1) is 11.9 Å². The molecule has 1 aliphatic carbocycles. The average molecular weight is 431 g/mol. The number of fused-ring (bicyclic) bond motifs is 1. The van der Waals surface area contributed by atoms with E-state index in [0.717, 1.165) is 77.1 Å². The lowest BCUT2D eigenvalue weighted by Crippen LogP contribution is -2.46. The van der Waals surface area contributed by atoms with E-state index in [0.29, 0.717) is 17.6 Å². The Morgan fingerprint density at radius 2 is 1.93 bits per heavy atom. The smallest absolute Gasteiger partial charge is 0.259 e. The molecule has 7 nitrogen and oxygen atoms in total. The highest BCUT2D eigenvalue weighted by Gasteiger charge is 2.28. The van der Waals surface area contributed by atoms with Crippen molar-refractivity contribution in [1.82, 2.24) is 24.8 Å². The molecule has 1 N–H and O–H groups in total. The summed E-state index contributed by atoms with van der Waals surface area (Å²) in [5.41, 5.74) is 1.00. The lowest BCUT2D eigenvalue weighted by molar-refractivity contribution is 0.243. The van der Waals surface area contributed by atoms with E-state index in [2.05, 4.69) is 19.8 Å². The average Bonchev–Trinajstić information content (AvgIpc) is 3.49. The van der Waals surface area contributed by atoms with Gasteiger partial charge >= 0.3 is 0 Å². The first-order chi connectivity index (χ1) is 14.0. The molecule has 0 spiro atoms. The van der Waals surface area contributed by atoms with Crippen LogP contribution in [0.2, 0.25) is 5.15 Å². The van der Waals surface area contributed by atoms with Gasteiger partial charge in [0.15, 0.2) is 0 Å². The molecule has 3 aromatic rings. The summed E-state index contributed by atoms with van der Waals surface area (Å²) < 4.78 is 0. The van der Waals surface area contributed by atoms with E-state index in [1.807, 2.05) is 19.9 Å². The van der Waals surface area contributed by atoms with Crippen molar-refractivity contribution < 1.29 is 0 Å². The number of thiophene rings is 1. The van der Waals surface area contributed by atoms with Crippen molar-refractivity contribution in [2.45, 2.75) is 39.2 Å². The van der Waals surface area contributed by atoms with Crippen molar-refractivity contribution in [1.29, 1.82) is 0 Å². The second-order valence-corrected chi connectivity index (χ2v) is 9.51. The van der Waals surface area contributed by atoms with Crippen LogP contribution in [0.4, 0.5) is 5.82 Å². The molecule has 1 aliphatic heterocycles. The van der Waals surface area contributed by atoms with E-state index in [4.69, 9.17) is 21.6 Å². The molecule has 4 heterocycles. The molecule has 0 bridgehead atoms. The Morgan fingerprint density at radius 1 is 1.17 bits per heavy atom. The van der Waals surface area contributed by atoms with E-state index >= 15 is 0 Å². The standard InChI is InChI=1S/C20H23ClN6OS/c1-11-12(2)29-20-17(11)19(28)23-15(24-20)10-26-5-7-27(8-6-26)16-9-14(21)22-18(25-16)13-3-4-13/h9,13H,3-8,10H2,1-2H3,(H,23,24,28). The van der Waals surface area contributed by atoms with Crippen molar-refractivity contribution in [3.63, 3.8) is 0 Å². The highest BCUT2D eigenvalue weighted by molar-refractivity contribution is 7.18. The van der Waals surface area contributed by atoms with Crippen molar-refractivity contribution >= 4 is 39.0 Å². The van der Waals surface area contributed by atoms with Crippen LogP contribution in [-0.2, 0) is 6.54 Å². The predicted molar refractivity (Wildman–Crippen MR) is 116 cm³/mol. The van der Waals surface area contributed by atoms with Crippen LogP contribution in [0.1, 0.15) is 40.8 Å². The summed E-state index contributed by atoms with van der Waals surface area (Å²) in [6, 6.07) is 1.86. The third kappa shape index (κ3) is 3.76. The summed E-state index contributed by atoms with van der Waals surface area (Å²) >= 11 is 7.82. The first-order valence-corrected chi connectivity index (χ1v) is 11.2. The Labute approximate surface area is 177 Å². The van der Waals surface area contributed by atoms with E-state index in [-0.39, 0.29) is 5.56 Å². The highest BCUT2D eigenvalue weighted by atomic mass is 35.5. The van der Waals surface area contributed by atoms with Crippen molar-refractivity contribution in [2.75, 3.05) is 31.1 Å². The second-order valence-electron chi connectivity index (χ2n) is 7.92. The number of hydrogen-bond acceptors (Lipinski definition) is 7. The Kier molecular flexibility index (Phi) is 4.80. The minimum Gasteiger partial charge on any atom is -0.354 e. The molecule has 2 fully saturated rings. The van der Waals surface area contributed by atoms with E-state index in [9.17, 15) is 4.79 Å². The van der Waals surface area contributed by atoms with Gasteiger partial charge in [0.25, 0.3) is 5.56 Å². The van der Waals surface area contributed by atoms with Crippen LogP contribution in [0, 0.1) is 13.8 Å². The first-order valence-electron chi connectivity index (χ1n) is 9.98. The van der Waals surface area contributed by atoms with Crippen LogP contribution in [0.5, 0.6) is 0 Å². The first kappa shape index (κ1) is 19.0. The molecule has 152 valence electrons. The molecular weight excluding hydrogens is 408 g/mol. The van der Waals surface area contributed by atoms with Gasteiger partial charge in [-0.2, -0.15) is 0 Å². The van der Waals surface area contributed by atoms with Gasteiger partial charge in [-0.1, -0.05) is 11.6 Å². The molecule has 1 saturated heterocycles. The molecule has 0 aromatic carbocycles. The molecule has 0 unspecified atom stereocenters. The quantitative estimate of drug-likeness (QED) is 0.640. The van der Waals surface area contributed by atoms with Crippen molar-refractivity contribution in [2.24, 2.45) is 0 Å². The van der Waals surface area contributed by atoms with Gasteiger partial charge in [-0.05, 0) is 32.3 Å². The highest BCUT2D eigenvalue weighted by Crippen LogP contribution is 2.39. The number of rotatable bonds is 4. The van der Waals surface area contributed by atoms with Crippen LogP contribution in [0.3, 0.4) is 0 Å². The van der Waals surface area contributed by atoms with Gasteiger partial charge in [0, 0.05) is 43.0 Å². The molecule has 1 saturated carbocycles. The van der Waals surface area contributed by atoms with Gasteiger partial charge in [0.1, 0.15) is 27.5 Å². The Hall–Kier alpha value is -2.03. The van der Waals surface area contributed by atoms with Crippen molar-refractivity contribution in [3.05, 3.63) is 43.7 Å². The largest absolute Gasteiger partial charge is 0.354 e. The fourth-order valence-corrected chi connectivity index (χ4v) is 5.06. The monoisotopic (exact) mass is 430 g/mol. The molecule has 0 amide bonds. The Morgan fingerprint density at radius 3 is 2.66 bits per heavy atom. The minimum atomic E-state index is -0.0336. The molecule has 29 heavy (non-hydrogen) atoms. The number of piperazine rings is 1. The lowest BCUT2D eigenvalue weighted by atomic mass is 10.2. The zero-order valence-corrected chi connectivity index (χ0v) is 18.1.